The fourth-order valence-electron chi connectivity index (χ4n) is 3.05. The maximum Gasteiger partial charge on any atom is 0.248 e. The Morgan fingerprint density at radius 1 is 1.33 bits per heavy atom. The number of nitrogens with one attached hydrogen (secondary N) is 1. The average molecular weight is 315 g/mol. The Morgan fingerprint density at radius 3 is 2.67 bits per heavy atom. The molecule has 0 saturated heterocycles. The van der Waals surface area contributed by atoms with E-state index in [1.165, 1.54) is 0 Å². The number of para-hydroxylation sites is 1. The Labute approximate surface area is 126 Å². The molecule has 1 fully saturated rings. The van der Waals surface area contributed by atoms with E-state index in [2.05, 4.69) is 5.43 Å². The summed E-state index contributed by atoms with van der Waals surface area (Å²) < 4.78 is 32.3. The molecule has 0 spiro atoms. The van der Waals surface area contributed by atoms with Crippen molar-refractivity contribution in [3.8, 4) is 0 Å². The minimum Gasteiger partial charge on any atom is -0.458 e. The summed E-state index contributed by atoms with van der Waals surface area (Å²) in [5, 5.41) is 1.42. The van der Waals surface area contributed by atoms with Crippen LogP contribution in [0.5, 0.6) is 0 Å². The predicted molar refractivity (Wildman–Crippen MR) is 78.2 cm³/mol. The van der Waals surface area contributed by atoms with E-state index in [0.29, 0.717) is 29.2 Å². The molecule has 1 unspecified atom stereocenters. The number of hydrogen-bond acceptors (Lipinski definition) is 3. The zero-order chi connectivity index (χ0) is 15.0. The molecule has 2 aromatic rings. The molecule has 1 atom stereocenters. The van der Waals surface area contributed by atoms with Crippen molar-refractivity contribution in [3.05, 3.63) is 35.0 Å². The van der Waals surface area contributed by atoms with Crippen LogP contribution in [0.3, 0.4) is 0 Å². The molecule has 0 bridgehead atoms. The second-order valence-electron chi connectivity index (χ2n) is 5.64. The number of halogens is 3. The molecule has 3 nitrogen and oxygen atoms in total. The van der Waals surface area contributed by atoms with E-state index in [9.17, 15) is 8.78 Å². The highest BCUT2D eigenvalue weighted by atomic mass is 35.5. The normalized spacial score (nSPS) is 20.8. The third-order valence-corrected chi connectivity index (χ3v) is 4.53. The standard InChI is InChI=1S/C15H17ClF2N2O/c16-11-3-1-2-10-8-12(21-14(10)11)13(20-19)9-4-6-15(17,18)7-5-9/h1-3,8-9,13,20H,4-7,19H2. The van der Waals surface area contributed by atoms with E-state index in [0.717, 1.165) is 5.39 Å². The van der Waals surface area contributed by atoms with Gasteiger partial charge in [-0.1, -0.05) is 23.7 Å². The van der Waals surface area contributed by atoms with Gasteiger partial charge < -0.3 is 4.42 Å². The van der Waals surface area contributed by atoms with Crippen molar-refractivity contribution in [2.75, 3.05) is 0 Å². The van der Waals surface area contributed by atoms with Gasteiger partial charge in [-0.3, -0.25) is 5.84 Å². The molecule has 3 rings (SSSR count). The highest BCUT2D eigenvalue weighted by Gasteiger charge is 2.38. The second kappa shape index (κ2) is 5.55. The summed E-state index contributed by atoms with van der Waals surface area (Å²) >= 11 is 6.10. The summed E-state index contributed by atoms with van der Waals surface area (Å²) in [6.45, 7) is 0. The second-order valence-corrected chi connectivity index (χ2v) is 6.05. The molecule has 6 heteroatoms. The van der Waals surface area contributed by atoms with Gasteiger partial charge in [-0.15, -0.1) is 0 Å². The summed E-state index contributed by atoms with van der Waals surface area (Å²) in [5.74, 6) is 3.77. The van der Waals surface area contributed by atoms with Gasteiger partial charge in [-0.25, -0.2) is 14.2 Å². The first-order valence-corrected chi connectivity index (χ1v) is 7.40. The van der Waals surface area contributed by atoms with E-state index in [-0.39, 0.29) is 24.8 Å². The molecule has 1 aromatic carbocycles. The summed E-state index contributed by atoms with van der Waals surface area (Å²) in [5.41, 5.74) is 3.32. The number of nitrogens with two attached hydrogens (primary N) is 1. The Bertz CT molecular complexity index is 634. The molecule has 1 heterocycles. The summed E-state index contributed by atoms with van der Waals surface area (Å²) in [6, 6.07) is 7.10. The molecule has 1 saturated carbocycles. The van der Waals surface area contributed by atoms with E-state index in [4.69, 9.17) is 21.9 Å². The monoisotopic (exact) mass is 314 g/mol. The molecule has 1 aliphatic rings. The topological polar surface area (TPSA) is 51.2 Å². The number of furan rings is 1. The largest absolute Gasteiger partial charge is 0.458 e. The number of rotatable bonds is 3. The van der Waals surface area contributed by atoms with Gasteiger partial charge in [0.2, 0.25) is 5.92 Å². The lowest BCUT2D eigenvalue weighted by molar-refractivity contribution is -0.0505. The van der Waals surface area contributed by atoms with Crippen molar-refractivity contribution in [1.82, 2.24) is 5.43 Å². The molecular formula is C15H17ClF2N2O. The zero-order valence-corrected chi connectivity index (χ0v) is 12.2. The van der Waals surface area contributed by atoms with Crippen LogP contribution in [0.25, 0.3) is 11.0 Å². The van der Waals surface area contributed by atoms with Crippen molar-refractivity contribution < 1.29 is 13.2 Å². The van der Waals surface area contributed by atoms with Crippen LogP contribution in [0.15, 0.2) is 28.7 Å². The highest BCUT2D eigenvalue weighted by Crippen LogP contribution is 2.42. The highest BCUT2D eigenvalue weighted by molar-refractivity contribution is 6.34. The van der Waals surface area contributed by atoms with Gasteiger partial charge in [0.1, 0.15) is 5.76 Å². The quantitative estimate of drug-likeness (QED) is 0.651. The van der Waals surface area contributed by atoms with Crippen LogP contribution < -0.4 is 11.3 Å². The maximum atomic E-state index is 13.3. The van der Waals surface area contributed by atoms with E-state index >= 15 is 0 Å². The number of hydrogen-bond donors (Lipinski definition) is 2. The lowest BCUT2D eigenvalue weighted by Gasteiger charge is -2.32. The Morgan fingerprint density at radius 2 is 2.05 bits per heavy atom. The zero-order valence-electron chi connectivity index (χ0n) is 11.4. The lowest BCUT2D eigenvalue weighted by Crippen LogP contribution is -2.37. The van der Waals surface area contributed by atoms with Crippen molar-refractivity contribution in [2.45, 2.75) is 37.6 Å². The fourth-order valence-corrected chi connectivity index (χ4v) is 3.27. The summed E-state index contributed by atoms with van der Waals surface area (Å²) in [6.07, 6.45) is 0.646. The van der Waals surface area contributed by atoms with Gasteiger partial charge in [-0.2, -0.15) is 0 Å². The average Bonchev–Trinajstić information content (AvgIpc) is 2.86. The summed E-state index contributed by atoms with van der Waals surface area (Å²) in [7, 11) is 0. The number of benzene rings is 1. The van der Waals surface area contributed by atoms with Crippen molar-refractivity contribution >= 4 is 22.6 Å². The molecule has 114 valence electrons. The molecule has 0 radical (unpaired) electrons. The van der Waals surface area contributed by atoms with Gasteiger partial charge >= 0.3 is 0 Å². The lowest BCUT2D eigenvalue weighted by atomic mass is 9.81. The first-order chi connectivity index (χ1) is 10.00. The number of fused-ring (bicyclic) bond motifs is 1. The number of alkyl halides is 2. The Kier molecular flexibility index (Phi) is 3.90. The Hall–Kier alpha value is -1.17. The third kappa shape index (κ3) is 2.91. The van der Waals surface area contributed by atoms with Crippen molar-refractivity contribution in [1.29, 1.82) is 0 Å². The van der Waals surface area contributed by atoms with Crippen molar-refractivity contribution in [3.63, 3.8) is 0 Å². The van der Waals surface area contributed by atoms with Crippen LogP contribution in [-0.2, 0) is 0 Å². The first kappa shape index (κ1) is 14.8. The maximum absolute atomic E-state index is 13.3. The molecule has 0 aliphatic heterocycles. The van der Waals surface area contributed by atoms with E-state index < -0.39 is 5.92 Å². The van der Waals surface area contributed by atoms with E-state index in [1.54, 1.807) is 6.07 Å². The molecule has 1 aromatic heterocycles. The van der Waals surface area contributed by atoms with Gasteiger partial charge in [0.15, 0.2) is 5.58 Å². The molecule has 1 aliphatic carbocycles. The molecular weight excluding hydrogens is 298 g/mol. The van der Waals surface area contributed by atoms with E-state index in [1.807, 2.05) is 18.2 Å². The van der Waals surface area contributed by atoms with Crippen LogP contribution >= 0.6 is 11.6 Å². The summed E-state index contributed by atoms with van der Waals surface area (Å²) in [4.78, 5) is 0. The third-order valence-electron chi connectivity index (χ3n) is 4.23. The minimum absolute atomic E-state index is 0.0361. The number of hydrazine groups is 1. The van der Waals surface area contributed by atoms with Crippen molar-refractivity contribution in [2.24, 2.45) is 11.8 Å². The van der Waals surface area contributed by atoms with Gasteiger partial charge in [0.25, 0.3) is 0 Å². The SMILES string of the molecule is NNC(c1cc2cccc(Cl)c2o1)C1CCC(F)(F)CC1. The van der Waals surface area contributed by atoms with Crippen LogP contribution in [0, 0.1) is 5.92 Å². The molecule has 21 heavy (non-hydrogen) atoms. The Balaban J connectivity index is 1.87. The predicted octanol–water partition coefficient (Wildman–Crippen LogP) is 4.42. The van der Waals surface area contributed by atoms with Crippen LogP contribution in [-0.4, -0.2) is 5.92 Å². The smallest absolute Gasteiger partial charge is 0.248 e. The fraction of sp³-hybridized carbons (Fsp3) is 0.467. The minimum atomic E-state index is -2.55. The molecule has 3 N–H and O–H groups in total. The molecule has 0 amide bonds. The van der Waals surface area contributed by atoms with Crippen LogP contribution in [0.2, 0.25) is 5.02 Å². The van der Waals surface area contributed by atoms with Gasteiger partial charge in [0.05, 0.1) is 11.1 Å². The van der Waals surface area contributed by atoms with Crippen LogP contribution in [0.1, 0.15) is 37.5 Å². The van der Waals surface area contributed by atoms with Gasteiger partial charge in [-0.05, 0) is 30.9 Å². The van der Waals surface area contributed by atoms with Gasteiger partial charge in [0, 0.05) is 18.2 Å². The first-order valence-electron chi connectivity index (χ1n) is 7.02. The van der Waals surface area contributed by atoms with Crippen LogP contribution in [0.4, 0.5) is 8.78 Å².